The highest BCUT2D eigenvalue weighted by Gasteiger charge is 2.23. The molecule has 6 nitrogen and oxygen atoms in total. The van der Waals surface area contributed by atoms with Crippen molar-refractivity contribution in [1.82, 2.24) is 9.59 Å². The summed E-state index contributed by atoms with van der Waals surface area (Å²) in [6.07, 6.45) is 0.772. The third kappa shape index (κ3) is 2.51. The molecule has 0 saturated heterocycles. The summed E-state index contributed by atoms with van der Waals surface area (Å²) in [5.41, 5.74) is 2.69. The minimum atomic E-state index is -3.66. The summed E-state index contributed by atoms with van der Waals surface area (Å²) in [5.74, 6) is 0. The maximum atomic E-state index is 11.3. The fourth-order valence-electron chi connectivity index (χ4n) is 2.26. The lowest BCUT2D eigenvalue weighted by atomic mass is 10.2. The maximum Gasteiger partial charge on any atom is 0.238 e. The lowest BCUT2D eigenvalue weighted by Crippen LogP contribution is -2.20. The normalized spacial score (nSPS) is 14.6. The molecule has 0 radical (unpaired) electrons. The number of fused-ring (bicyclic) bond motifs is 1. The minimum Gasteiger partial charge on any atom is -0.365 e. The Labute approximate surface area is 125 Å². The molecule has 0 aliphatic carbocycles. The fraction of sp³-hybridized carbons (Fsp3) is 0.273. The molecule has 0 atom stereocenters. The molecule has 106 valence electrons. The molecular formula is C11H11ClN4O2S2. The van der Waals surface area contributed by atoms with Crippen molar-refractivity contribution >= 4 is 38.8 Å². The molecule has 0 amide bonds. The van der Waals surface area contributed by atoms with Crippen LogP contribution in [-0.4, -0.2) is 24.5 Å². The third-order valence-electron chi connectivity index (χ3n) is 3.22. The number of nitrogens with two attached hydrogens (primary N) is 1. The van der Waals surface area contributed by atoms with E-state index in [0.717, 1.165) is 41.4 Å². The van der Waals surface area contributed by atoms with Gasteiger partial charge in [-0.05, 0) is 30.2 Å². The number of halogens is 1. The largest absolute Gasteiger partial charge is 0.365 e. The van der Waals surface area contributed by atoms with Crippen molar-refractivity contribution in [1.29, 1.82) is 0 Å². The highest BCUT2D eigenvalue weighted by molar-refractivity contribution is 7.89. The van der Waals surface area contributed by atoms with Gasteiger partial charge in [-0.2, -0.15) is 0 Å². The summed E-state index contributed by atoms with van der Waals surface area (Å²) < 4.78 is 27.1. The van der Waals surface area contributed by atoms with Crippen molar-refractivity contribution < 1.29 is 8.42 Å². The van der Waals surface area contributed by atoms with E-state index in [-0.39, 0.29) is 4.90 Å². The van der Waals surface area contributed by atoms with Gasteiger partial charge >= 0.3 is 0 Å². The van der Waals surface area contributed by atoms with Crippen LogP contribution in [0.3, 0.4) is 0 Å². The van der Waals surface area contributed by atoms with Crippen molar-refractivity contribution in [2.75, 3.05) is 11.4 Å². The molecule has 2 heterocycles. The van der Waals surface area contributed by atoms with Crippen LogP contribution in [0.4, 0.5) is 5.69 Å². The number of hydrogen-bond donors (Lipinski definition) is 1. The Hall–Kier alpha value is -1.22. The zero-order valence-corrected chi connectivity index (χ0v) is 12.7. The number of hydrogen-bond acceptors (Lipinski definition) is 6. The predicted octanol–water partition coefficient (Wildman–Crippen LogP) is 1.40. The van der Waals surface area contributed by atoms with Gasteiger partial charge in [-0.25, -0.2) is 13.6 Å². The maximum absolute atomic E-state index is 11.3. The van der Waals surface area contributed by atoms with Gasteiger partial charge in [0.15, 0.2) is 0 Å². The Morgan fingerprint density at radius 3 is 2.90 bits per heavy atom. The van der Waals surface area contributed by atoms with Crippen molar-refractivity contribution in [3.63, 3.8) is 0 Å². The second-order valence-corrected chi connectivity index (χ2v) is 7.42. The Morgan fingerprint density at radius 1 is 1.45 bits per heavy atom. The Balaban J connectivity index is 1.90. The Bertz CT molecular complexity index is 760. The number of primary sulfonamides is 1. The molecule has 1 aromatic carbocycles. The minimum absolute atomic E-state index is 0.145. The van der Waals surface area contributed by atoms with Crippen LogP contribution in [0, 0.1) is 0 Å². The summed E-state index contributed by atoms with van der Waals surface area (Å²) in [4.78, 5) is 2.25. The van der Waals surface area contributed by atoms with E-state index in [2.05, 4.69) is 14.5 Å². The van der Waals surface area contributed by atoms with Crippen molar-refractivity contribution in [3.05, 3.63) is 33.8 Å². The molecule has 0 saturated carbocycles. The zero-order chi connectivity index (χ0) is 14.3. The van der Waals surface area contributed by atoms with Gasteiger partial charge < -0.3 is 4.90 Å². The number of rotatable bonds is 3. The highest BCUT2D eigenvalue weighted by atomic mass is 35.5. The molecule has 1 aliphatic rings. The number of sulfonamides is 1. The van der Waals surface area contributed by atoms with Gasteiger partial charge in [0.05, 0.1) is 11.4 Å². The number of anilines is 1. The van der Waals surface area contributed by atoms with Crippen molar-refractivity contribution in [2.24, 2.45) is 5.14 Å². The first-order chi connectivity index (χ1) is 9.45. The number of nitrogens with zero attached hydrogens (tertiary/aromatic N) is 3. The van der Waals surface area contributed by atoms with Gasteiger partial charge in [0.1, 0.15) is 10.0 Å². The summed E-state index contributed by atoms with van der Waals surface area (Å²) in [6, 6.07) is 4.93. The Kier molecular flexibility index (Phi) is 3.41. The number of aromatic nitrogens is 2. The third-order valence-corrected chi connectivity index (χ3v) is 5.12. The van der Waals surface area contributed by atoms with Crippen LogP contribution in [0.5, 0.6) is 0 Å². The van der Waals surface area contributed by atoms with Gasteiger partial charge in [-0.3, -0.25) is 0 Å². The van der Waals surface area contributed by atoms with Crippen LogP contribution in [-0.2, 0) is 23.0 Å². The van der Waals surface area contributed by atoms with E-state index in [1.165, 1.54) is 6.07 Å². The van der Waals surface area contributed by atoms with Crippen LogP contribution in [0.2, 0.25) is 4.34 Å². The summed E-state index contributed by atoms with van der Waals surface area (Å²) >= 11 is 7.16. The first kappa shape index (κ1) is 13.7. The van der Waals surface area contributed by atoms with E-state index >= 15 is 0 Å². The molecule has 20 heavy (non-hydrogen) atoms. The lowest BCUT2D eigenvalue weighted by Gasteiger charge is -2.18. The van der Waals surface area contributed by atoms with Gasteiger partial charge in [-0.15, -0.1) is 5.10 Å². The Morgan fingerprint density at radius 2 is 2.25 bits per heavy atom. The summed E-state index contributed by atoms with van der Waals surface area (Å²) in [6.45, 7) is 1.36. The van der Waals surface area contributed by atoms with Gasteiger partial charge in [-0.1, -0.05) is 16.1 Å². The summed E-state index contributed by atoms with van der Waals surface area (Å²) in [7, 11) is -3.66. The number of benzene rings is 1. The smallest absolute Gasteiger partial charge is 0.238 e. The first-order valence-corrected chi connectivity index (χ1v) is 8.52. The van der Waals surface area contributed by atoms with E-state index < -0.39 is 10.0 Å². The van der Waals surface area contributed by atoms with E-state index in [4.69, 9.17) is 16.7 Å². The van der Waals surface area contributed by atoms with E-state index in [1.807, 2.05) is 0 Å². The summed E-state index contributed by atoms with van der Waals surface area (Å²) in [5, 5.41) is 9.13. The van der Waals surface area contributed by atoms with Crippen molar-refractivity contribution in [2.45, 2.75) is 17.9 Å². The van der Waals surface area contributed by atoms with Crippen molar-refractivity contribution in [3.8, 4) is 0 Å². The molecule has 2 N–H and O–H groups in total. The van der Waals surface area contributed by atoms with Gasteiger partial charge in [0.2, 0.25) is 10.0 Å². The van der Waals surface area contributed by atoms with Crippen LogP contribution in [0.1, 0.15) is 11.3 Å². The zero-order valence-electron chi connectivity index (χ0n) is 10.3. The van der Waals surface area contributed by atoms with Crippen LogP contribution in [0.25, 0.3) is 0 Å². The quantitative estimate of drug-likeness (QED) is 0.918. The SMILES string of the molecule is NS(=O)(=O)c1ccc2c(c1)CCN2Cc1nnsc1Cl. The van der Waals surface area contributed by atoms with E-state index in [9.17, 15) is 8.42 Å². The average molecular weight is 331 g/mol. The van der Waals surface area contributed by atoms with Crippen LogP contribution >= 0.6 is 23.1 Å². The van der Waals surface area contributed by atoms with E-state index in [1.54, 1.807) is 12.1 Å². The average Bonchev–Trinajstić information content (AvgIpc) is 2.96. The van der Waals surface area contributed by atoms with Crippen LogP contribution < -0.4 is 10.0 Å². The topological polar surface area (TPSA) is 89.2 Å². The molecule has 0 unspecified atom stereocenters. The lowest BCUT2D eigenvalue weighted by molar-refractivity contribution is 0.597. The molecule has 2 aromatic rings. The molecule has 3 rings (SSSR count). The molecule has 0 spiro atoms. The van der Waals surface area contributed by atoms with Gasteiger partial charge in [0.25, 0.3) is 0 Å². The molecule has 1 aromatic heterocycles. The highest BCUT2D eigenvalue weighted by Crippen LogP contribution is 2.32. The second kappa shape index (κ2) is 4.96. The molecule has 9 heteroatoms. The molecule has 1 aliphatic heterocycles. The standard InChI is InChI=1S/C11H11ClN4O2S2/c12-11-9(14-15-19-11)6-16-4-3-7-5-8(20(13,17)18)1-2-10(7)16/h1-2,5H,3-4,6H2,(H2,13,17,18). The fourth-order valence-corrected chi connectivity index (χ4v) is 3.44. The van der Waals surface area contributed by atoms with Gasteiger partial charge in [0, 0.05) is 23.8 Å². The van der Waals surface area contributed by atoms with Crippen LogP contribution in [0.15, 0.2) is 23.1 Å². The molecule has 0 bridgehead atoms. The molecular weight excluding hydrogens is 320 g/mol. The second-order valence-electron chi connectivity index (χ2n) is 4.50. The predicted molar refractivity (Wildman–Crippen MR) is 77.5 cm³/mol. The first-order valence-electron chi connectivity index (χ1n) is 5.82. The molecule has 0 fully saturated rings. The van der Waals surface area contributed by atoms with E-state index in [0.29, 0.717) is 10.9 Å². The monoisotopic (exact) mass is 330 g/mol.